The number of hydrogen-bond acceptors (Lipinski definition) is 3. The Hall–Kier alpha value is -2.37. The number of carboxylic acid groups (broad SMARTS) is 1. The standard InChI is InChI=1S/C13H15N3O3/c1-13(2,6-11(14)17)16-7-15-9-4-3-8(12(18)19)5-10(9)16/h3-5,7H,6H2,1-2H3,(H2,14,17)(H,18,19). The average Bonchev–Trinajstić information content (AvgIpc) is 2.69. The van der Waals surface area contributed by atoms with E-state index in [0.717, 1.165) is 0 Å². The van der Waals surface area contributed by atoms with Gasteiger partial charge in [-0.25, -0.2) is 9.78 Å². The van der Waals surface area contributed by atoms with Gasteiger partial charge in [-0.2, -0.15) is 0 Å². The maximum atomic E-state index is 11.1. The monoisotopic (exact) mass is 261 g/mol. The minimum atomic E-state index is -0.998. The van der Waals surface area contributed by atoms with Gasteiger partial charge in [0.05, 0.1) is 22.9 Å². The molecule has 0 aliphatic rings. The third-order valence-electron chi connectivity index (χ3n) is 3.05. The lowest BCUT2D eigenvalue weighted by Gasteiger charge is -2.25. The normalized spacial score (nSPS) is 11.7. The zero-order valence-corrected chi connectivity index (χ0v) is 10.8. The molecular weight excluding hydrogens is 246 g/mol. The molecule has 0 bridgehead atoms. The van der Waals surface area contributed by atoms with Gasteiger partial charge in [0, 0.05) is 12.0 Å². The van der Waals surface area contributed by atoms with Gasteiger partial charge in [-0.05, 0) is 32.0 Å². The van der Waals surface area contributed by atoms with Gasteiger partial charge in [0.25, 0.3) is 0 Å². The molecule has 0 spiro atoms. The number of carbonyl (C=O) groups is 2. The molecule has 2 rings (SSSR count). The van der Waals surface area contributed by atoms with Crippen molar-refractivity contribution >= 4 is 22.9 Å². The van der Waals surface area contributed by atoms with Crippen molar-refractivity contribution < 1.29 is 14.7 Å². The lowest BCUT2D eigenvalue weighted by molar-refractivity contribution is -0.119. The number of imidazole rings is 1. The summed E-state index contributed by atoms with van der Waals surface area (Å²) in [5, 5.41) is 9.02. The number of rotatable bonds is 4. The van der Waals surface area contributed by atoms with E-state index in [4.69, 9.17) is 10.8 Å². The zero-order valence-electron chi connectivity index (χ0n) is 10.8. The minimum Gasteiger partial charge on any atom is -0.478 e. The van der Waals surface area contributed by atoms with Crippen LogP contribution in [-0.4, -0.2) is 26.5 Å². The fourth-order valence-electron chi connectivity index (χ4n) is 2.13. The highest BCUT2D eigenvalue weighted by molar-refractivity contribution is 5.92. The molecule has 0 atom stereocenters. The topological polar surface area (TPSA) is 98.2 Å². The number of amides is 1. The van der Waals surface area contributed by atoms with Crippen molar-refractivity contribution in [3.05, 3.63) is 30.1 Å². The van der Waals surface area contributed by atoms with E-state index in [-0.39, 0.29) is 12.0 Å². The summed E-state index contributed by atoms with van der Waals surface area (Å²) in [4.78, 5) is 26.3. The molecule has 1 heterocycles. The fraction of sp³-hybridized carbons (Fsp3) is 0.308. The molecule has 0 saturated heterocycles. The summed E-state index contributed by atoms with van der Waals surface area (Å²) >= 11 is 0. The van der Waals surface area contributed by atoms with E-state index in [0.29, 0.717) is 11.0 Å². The zero-order chi connectivity index (χ0) is 14.2. The number of nitrogens with two attached hydrogens (primary N) is 1. The van der Waals surface area contributed by atoms with Crippen LogP contribution in [0.25, 0.3) is 11.0 Å². The van der Waals surface area contributed by atoms with Gasteiger partial charge >= 0.3 is 5.97 Å². The predicted molar refractivity (Wildman–Crippen MR) is 69.8 cm³/mol. The van der Waals surface area contributed by atoms with E-state index in [9.17, 15) is 9.59 Å². The van der Waals surface area contributed by atoms with Crippen LogP contribution in [0, 0.1) is 0 Å². The van der Waals surface area contributed by atoms with Crippen LogP contribution in [-0.2, 0) is 10.3 Å². The summed E-state index contributed by atoms with van der Waals surface area (Å²) in [5.74, 6) is -1.41. The van der Waals surface area contributed by atoms with Gasteiger partial charge in [0.2, 0.25) is 5.91 Å². The summed E-state index contributed by atoms with van der Waals surface area (Å²) in [5.41, 5.74) is 6.22. The third-order valence-corrected chi connectivity index (χ3v) is 3.05. The summed E-state index contributed by atoms with van der Waals surface area (Å²) in [7, 11) is 0. The second-order valence-electron chi connectivity index (χ2n) is 5.08. The number of primary amides is 1. The van der Waals surface area contributed by atoms with Gasteiger partial charge in [0.1, 0.15) is 0 Å². The van der Waals surface area contributed by atoms with E-state index >= 15 is 0 Å². The van der Waals surface area contributed by atoms with Crippen molar-refractivity contribution in [1.82, 2.24) is 9.55 Å². The second kappa shape index (κ2) is 4.38. The molecule has 3 N–H and O–H groups in total. The highest BCUT2D eigenvalue weighted by Gasteiger charge is 2.24. The molecule has 100 valence electrons. The number of benzene rings is 1. The molecule has 19 heavy (non-hydrogen) atoms. The molecule has 0 aliphatic heterocycles. The molecule has 6 heteroatoms. The average molecular weight is 261 g/mol. The van der Waals surface area contributed by atoms with Crippen LogP contribution >= 0.6 is 0 Å². The van der Waals surface area contributed by atoms with E-state index < -0.39 is 17.4 Å². The van der Waals surface area contributed by atoms with Crippen LogP contribution in [0.1, 0.15) is 30.6 Å². The van der Waals surface area contributed by atoms with Gasteiger partial charge in [-0.15, -0.1) is 0 Å². The summed E-state index contributed by atoms with van der Waals surface area (Å²) in [6.07, 6.45) is 1.75. The first kappa shape index (κ1) is 13.1. The van der Waals surface area contributed by atoms with E-state index in [1.807, 2.05) is 13.8 Å². The Labute approximate surface area is 109 Å². The smallest absolute Gasteiger partial charge is 0.335 e. The maximum Gasteiger partial charge on any atom is 0.335 e. The first-order valence-electron chi connectivity index (χ1n) is 5.80. The number of carboxylic acids is 1. The number of hydrogen-bond donors (Lipinski definition) is 2. The van der Waals surface area contributed by atoms with Crippen molar-refractivity contribution in [1.29, 1.82) is 0 Å². The number of nitrogens with zero attached hydrogens (tertiary/aromatic N) is 2. The number of aromatic nitrogens is 2. The Morgan fingerprint density at radius 1 is 1.42 bits per heavy atom. The number of fused-ring (bicyclic) bond motifs is 1. The molecule has 0 unspecified atom stereocenters. The van der Waals surface area contributed by atoms with Crippen LogP contribution in [0.3, 0.4) is 0 Å². The van der Waals surface area contributed by atoms with Gasteiger partial charge in [-0.3, -0.25) is 4.79 Å². The van der Waals surface area contributed by atoms with Crippen LogP contribution in [0.4, 0.5) is 0 Å². The molecule has 2 aromatic rings. The van der Waals surface area contributed by atoms with Gasteiger partial charge in [0.15, 0.2) is 0 Å². The Balaban J connectivity index is 2.57. The Bertz CT molecular complexity index is 658. The maximum absolute atomic E-state index is 11.1. The Kier molecular flexibility index (Phi) is 3.01. The SMILES string of the molecule is CC(C)(CC(N)=O)n1cnc2ccc(C(=O)O)cc21. The molecular formula is C13H15N3O3. The molecule has 6 nitrogen and oxygen atoms in total. The molecule has 0 radical (unpaired) electrons. The molecule has 0 aliphatic carbocycles. The first-order chi connectivity index (χ1) is 8.81. The molecule has 0 saturated carbocycles. The summed E-state index contributed by atoms with van der Waals surface area (Å²) in [6, 6.07) is 4.70. The second-order valence-corrected chi connectivity index (χ2v) is 5.08. The van der Waals surface area contributed by atoms with Gasteiger partial charge < -0.3 is 15.4 Å². The number of carbonyl (C=O) groups excluding carboxylic acids is 1. The Morgan fingerprint density at radius 2 is 2.11 bits per heavy atom. The van der Waals surface area contributed by atoms with Crippen LogP contribution < -0.4 is 5.73 Å². The van der Waals surface area contributed by atoms with Gasteiger partial charge in [-0.1, -0.05) is 0 Å². The molecule has 0 fully saturated rings. The first-order valence-corrected chi connectivity index (χ1v) is 5.80. The van der Waals surface area contributed by atoms with Crippen molar-refractivity contribution in [3.63, 3.8) is 0 Å². The molecule has 1 aromatic heterocycles. The van der Waals surface area contributed by atoms with E-state index in [1.54, 1.807) is 23.0 Å². The number of aromatic carboxylic acids is 1. The van der Waals surface area contributed by atoms with Crippen molar-refractivity contribution in [2.75, 3.05) is 0 Å². The summed E-state index contributed by atoms with van der Waals surface area (Å²) < 4.78 is 1.78. The van der Waals surface area contributed by atoms with Crippen molar-refractivity contribution in [3.8, 4) is 0 Å². The van der Waals surface area contributed by atoms with Crippen molar-refractivity contribution in [2.45, 2.75) is 25.8 Å². The predicted octanol–water partition coefficient (Wildman–Crippen LogP) is 1.34. The lowest BCUT2D eigenvalue weighted by atomic mass is 9.99. The third kappa shape index (κ3) is 2.42. The van der Waals surface area contributed by atoms with E-state index in [1.165, 1.54) is 6.07 Å². The van der Waals surface area contributed by atoms with Crippen LogP contribution in [0.5, 0.6) is 0 Å². The van der Waals surface area contributed by atoms with E-state index in [2.05, 4.69) is 4.98 Å². The highest BCUT2D eigenvalue weighted by Crippen LogP contribution is 2.25. The molecule has 1 aromatic carbocycles. The Morgan fingerprint density at radius 3 is 2.68 bits per heavy atom. The quantitative estimate of drug-likeness (QED) is 0.867. The summed E-state index contributed by atoms with van der Waals surface area (Å²) in [6.45, 7) is 3.71. The minimum absolute atomic E-state index is 0.149. The van der Waals surface area contributed by atoms with Crippen LogP contribution in [0.15, 0.2) is 24.5 Å². The lowest BCUT2D eigenvalue weighted by Crippen LogP contribution is -2.31. The van der Waals surface area contributed by atoms with Crippen molar-refractivity contribution in [2.24, 2.45) is 5.73 Å². The highest BCUT2D eigenvalue weighted by atomic mass is 16.4. The molecule has 1 amide bonds. The fourth-order valence-corrected chi connectivity index (χ4v) is 2.13. The largest absolute Gasteiger partial charge is 0.478 e. The van der Waals surface area contributed by atoms with Crippen LogP contribution in [0.2, 0.25) is 0 Å².